The van der Waals surface area contributed by atoms with Crippen molar-refractivity contribution in [2.45, 2.75) is 320 Å². The number of hydrogen-bond donors (Lipinski definition) is 6. The molecular weight excluding hydrogens is 967 g/mol. The van der Waals surface area contributed by atoms with Crippen molar-refractivity contribution in [3.05, 3.63) is 72.9 Å². The van der Waals surface area contributed by atoms with Gasteiger partial charge in [-0.15, -0.1) is 0 Å². The predicted octanol–water partition coefficient (Wildman–Crippen LogP) is 15.2. The molecule has 0 bridgehead atoms. The molecule has 0 aromatic carbocycles. The van der Waals surface area contributed by atoms with Gasteiger partial charge >= 0.3 is 5.97 Å². The Labute approximate surface area is 471 Å². The van der Waals surface area contributed by atoms with Crippen LogP contribution >= 0.6 is 0 Å². The van der Waals surface area contributed by atoms with Crippen LogP contribution in [-0.2, 0) is 23.8 Å². The van der Waals surface area contributed by atoms with Crippen LogP contribution in [0.5, 0.6) is 0 Å². The molecule has 0 aromatic heterocycles. The molecule has 0 radical (unpaired) electrons. The zero-order chi connectivity index (χ0) is 56.1. The van der Waals surface area contributed by atoms with Crippen molar-refractivity contribution in [1.82, 2.24) is 5.32 Å². The van der Waals surface area contributed by atoms with Gasteiger partial charge in [-0.1, -0.05) is 267 Å². The van der Waals surface area contributed by atoms with Gasteiger partial charge in [0.15, 0.2) is 12.4 Å². The minimum Gasteiger partial charge on any atom is -0.454 e. The topological polar surface area (TPSA) is 175 Å². The normalized spacial score (nSPS) is 19.5. The summed E-state index contributed by atoms with van der Waals surface area (Å²) in [5.74, 6) is -1.20. The summed E-state index contributed by atoms with van der Waals surface area (Å²) in [6.07, 6.45) is 57.9. The number of carbonyl (C=O) groups is 2. The van der Waals surface area contributed by atoms with Crippen LogP contribution < -0.4 is 5.32 Å². The molecule has 6 N–H and O–H groups in total. The average molecular weight is 1080 g/mol. The summed E-state index contributed by atoms with van der Waals surface area (Å²) in [5.41, 5.74) is 0. The fourth-order valence-corrected chi connectivity index (χ4v) is 9.62. The number of rotatable bonds is 53. The molecule has 1 heterocycles. The monoisotopic (exact) mass is 1080 g/mol. The first-order valence-corrected chi connectivity index (χ1v) is 31.7. The van der Waals surface area contributed by atoms with Crippen LogP contribution in [0.2, 0.25) is 0 Å². The first kappa shape index (κ1) is 72.1. The lowest BCUT2D eigenvalue weighted by Gasteiger charge is -2.41. The second-order valence-corrected chi connectivity index (χ2v) is 21.8. The molecule has 0 aromatic rings. The van der Waals surface area contributed by atoms with E-state index in [9.17, 15) is 35.1 Å². The van der Waals surface area contributed by atoms with Crippen LogP contribution in [-0.4, -0.2) is 99.6 Å². The van der Waals surface area contributed by atoms with Crippen LogP contribution in [0.15, 0.2) is 72.9 Å². The highest BCUT2D eigenvalue weighted by atomic mass is 16.7. The Morgan fingerprint density at radius 1 is 0.519 bits per heavy atom. The lowest BCUT2D eigenvalue weighted by atomic mass is 9.99. The summed E-state index contributed by atoms with van der Waals surface area (Å²) in [4.78, 5) is 26.5. The molecule has 8 atom stereocenters. The van der Waals surface area contributed by atoms with Gasteiger partial charge in [0.1, 0.15) is 24.4 Å². The molecule has 8 unspecified atom stereocenters. The minimum absolute atomic E-state index is 0.109. The van der Waals surface area contributed by atoms with Gasteiger partial charge in [0.25, 0.3) is 0 Å². The molecule has 1 aliphatic rings. The highest BCUT2D eigenvalue weighted by molar-refractivity contribution is 5.80. The number of aliphatic hydroxyl groups excluding tert-OH is 5. The van der Waals surface area contributed by atoms with Crippen LogP contribution in [0.4, 0.5) is 0 Å². The molecule has 1 fully saturated rings. The second-order valence-electron chi connectivity index (χ2n) is 21.8. The lowest BCUT2D eigenvalue weighted by molar-refractivity contribution is -0.305. The average Bonchev–Trinajstić information content (AvgIpc) is 3.43. The Kier molecular flexibility index (Phi) is 50.3. The minimum atomic E-state index is -1.62. The number of hydrogen-bond acceptors (Lipinski definition) is 10. The van der Waals surface area contributed by atoms with E-state index in [4.69, 9.17) is 14.2 Å². The van der Waals surface area contributed by atoms with Crippen LogP contribution in [0, 0.1) is 0 Å². The SMILES string of the molecule is CC/C=C\C/C=C\C/C=C\C/C=C\C/C=C\CCCCCCCCCC(=O)OC1C(OCC(NC(=O)C(O)CCCCCCCCCCCCCC)C(O)/C=C/CCCCCCCCCCCCC)OC(CO)C(O)C1O. The van der Waals surface area contributed by atoms with E-state index in [1.807, 2.05) is 6.08 Å². The van der Waals surface area contributed by atoms with E-state index in [0.29, 0.717) is 19.3 Å². The van der Waals surface area contributed by atoms with Crippen molar-refractivity contribution in [2.75, 3.05) is 13.2 Å². The highest BCUT2D eigenvalue weighted by Gasteiger charge is 2.47. The summed E-state index contributed by atoms with van der Waals surface area (Å²) < 4.78 is 17.6. The third-order valence-corrected chi connectivity index (χ3v) is 14.6. The maximum Gasteiger partial charge on any atom is 0.306 e. The van der Waals surface area contributed by atoms with Crippen molar-refractivity contribution >= 4 is 11.9 Å². The molecular formula is C66H117NO10. The fraction of sp³-hybridized carbons (Fsp3) is 0.788. The molecule has 1 aliphatic heterocycles. The number of allylic oxidation sites excluding steroid dienone is 11. The molecule has 0 spiro atoms. The number of amides is 1. The van der Waals surface area contributed by atoms with Crippen molar-refractivity contribution in [3.8, 4) is 0 Å². The van der Waals surface area contributed by atoms with Gasteiger partial charge in [-0.25, -0.2) is 0 Å². The van der Waals surface area contributed by atoms with E-state index in [1.54, 1.807) is 6.08 Å². The predicted molar refractivity (Wildman–Crippen MR) is 319 cm³/mol. The summed E-state index contributed by atoms with van der Waals surface area (Å²) in [6.45, 7) is 5.67. The molecule has 0 saturated carbocycles. The molecule has 1 rings (SSSR count). The maximum absolute atomic E-state index is 13.4. The zero-order valence-electron chi connectivity index (χ0n) is 49.3. The largest absolute Gasteiger partial charge is 0.454 e. The number of nitrogens with one attached hydrogen (secondary N) is 1. The quantitative estimate of drug-likeness (QED) is 0.0195. The molecule has 77 heavy (non-hydrogen) atoms. The number of carbonyl (C=O) groups excluding carboxylic acids is 2. The molecule has 1 saturated heterocycles. The van der Waals surface area contributed by atoms with E-state index in [1.165, 1.54) is 109 Å². The summed E-state index contributed by atoms with van der Waals surface area (Å²) >= 11 is 0. The van der Waals surface area contributed by atoms with Crippen molar-refractivity contribution < 1.29 is 49.3 Å². The van der Waals surface area contributed by atoms with Crippen molar-refractivity contribution in [3.63, 3.8) is 0 Å². The number of ether oxygens (including phenoxy) is 3. The molecule has 446 valence electrons. The van der Waals surface area contributed by atoms with Gasteiger partial charge in [0, 0.05) is 6.42 Å². The Morgan fingerprint density at radius 2 is 0.935 bits per heavy atom. The number of unbranched alkanes of at least 4 members (excludes halogenated alkanes) is 29. The molecule has 11 heteroatoms. The Morgan fingerprint density at radius 3 is 1.40 bits per heavy atom. The van der Waals surface area contributed by atoms with Crippen LogP contribution in [0.3, 0.4) is 0 Å². The van der Waals surface area contributed by atoms with E-state index < -0.39 is 67.4 Å². The summed E-state index contributed by atoms with van der Waals surface area (Å²) in [6, 6.07) is -1.03. The third-order valence-electron chi connectivity index (χ3n) is 14.6. The third kappa shape index (κ3) is 41.7. The fourth-order valence-electron chi connectivity index (χ4n) is 9.62. The van der Waals surface area contributed by atoms with Crippen molar-refractivity contribution in [1.29, 1.82) is 0 Å². The standard InChI is InChI=1S/C66H117NO10/c1-4-7-10-13-16-19-22-25-26-27-28-29-30-31-32-33-34-36-39-42-45-48-51-54-61(71)77-64-63(73)62(72)60(55-68)76-66(64)75-56-57(58(69)52-49-46-43-40-38-35-23-20-17-14-11-8-5-2)67-65(74)59(70)53-50-47-44-41-37-24-21-18-15-12-9-6-3/h7,10,16,19,25-26,28-29,31-32,49,52,57-60,62-64,66,68-70,72-73H,4-6,8-9,11-15,17-18,20-24,27,30,33-48,50-51,53-56H2,1-3H3,(H,67,74)/b10-7-,19-16-,26-25-,29-28-,32-31-,52-49+. The Hall–Kier alpha value is -2.90. The van der Waals surface area contributed by atoms with Crippen LogP contribution in [0.25, 0.3) is 0 Å². The van der Waals surface area contributed by atoms with Gasteiger partial charge < -0.3 is 45.1 Å². The number of esters is 1. The van der Waals surface area contributed by atoms with E-state index in [2.05, 4.69) is 86.8 Å². The van der Waals surface area contributed by atoms with Crippen molar-refractivity contribution in [2.24, 2.45) is 0 Å². The lowest BCUT2D eigenvalue weighted by Crippen LogP contribution is -2.61. The van der Waals surface area contributed by atoms with E-state index >= 15 is 0 Å². The second kappa shape index (κ2) is 53.7. The molecule has 0 aliphatic carbocycles. The number of aliphatic hydroxyl groups is 5. The summed E-state index contributed by atoms with van der Waals surface area (Å²) in [7, 11) is 0. The Bertz CT molecular complexity index is 1530. The first-order valence-electron chi connectivity index (χ1n) is 31.7. The van der Waals surface area contributed by atoms with E-state index in [0.717, 1.165) is 116 Å². The zero-order valence-corrected chi connectivity index (χ0v) is 49.3. The maximum atomic E-state index is 13.4. The first-order chi connectivity index (χ1) is 37.7. The van der Waals surface area contributed by atoms with Gasteiger partial charge in [0.05, 0.1) is 25.4 Å². The molecule has 11 nitrogen and oxygen atoms in total. The van der Waals surface area contributed by atoms with Gasteiger partial charge in [0.2, 0.25) is 5.91 Å². The smallest absolute Gasteiger partial charge is 0.306 e. The molecule has 1 amide bonds. The van der Waals surface area contributed by atoms with Gasteiger partial charge in [-0.2, -0.15) is 0 Å². The van der Waals surface area contributed by atoms with Gasteiger partial charge in [-0.05, 0) is 70.6 Å². The van der Waals surface area contributed by atoms with E-state index in [-0.39, 0.29) is 13.0 Å². The highest BCUT2D eigenvalue weighted by Crippen LogP contribution is 2.26. The Balaban J connectivity index is 2.65. The van der Waals surface area contributed by atoms with Crippen LogP contribution in [0.1, 0.15) is 271 Å². The summed E-state index contributed by atoms with van der Waals surface area (Å²) in [5, 5.41) is 57.0. The van der Waals surface area contributed by atoms with Gasteiger partial charge in [-0.3, -0.25) is 9.59 Å².